The number of aromatic nitrogens is 2. The Kier molecular flexibility index (Phi) is 1.49. The standard InChI is InChI=1S/C12H14N2.2ClH/c1-13-7-3-11(4-8-13)12-5-9-14(2)10-6-12;;/h3-10H,1-2H3;2*1H/q+2;;/p-2/i1D3,2D3,3D,4D,5D,6D,7D,8D,9D,10D;;. The van der Waals surface area contributed by atoms with E-state index in [1.807, 2.05) is 0 Å². The molecule has 0 saturated heterocycles. The van der Waals surface area contributed by atoms with Gasteiger partial charge in [0.05, 0.1) is 5.48 Å². The summed E-state index contributed by atoms with van der Waals surface area (Å²) in [5, 5.41) is 0. The Morgan fingerprint density at radius 2 is 1.12 bits per heavy atom. The third-order valence-corrected chi connectivity index (χ3v) is 1.42. The van der Waals surface area contributed by atoms with Crippen molar-refractivity contribution in [3.63, 3.8) is 0 Å². The summed E-state index contributed by atoms with van der Waals surface area (Å²) in [6.45, 7) is -6.07. The van der Waals surface area contributed by atoms with Gasteiger partial charge < -0.3 is 24.8 Å². The second-order valence-corrected chi connectivity index (χ2v) is 2.37. The van der Waals surface area contributed by atoms with Crippen LogP contribution in [0, 0.1) is 0 Å². The molecule has 0 amide bonds. The number of halogens is 2. The maximum Gasteiger partial charge on any atom is 0.169 e. The summed E-state index contributed by atoms with van der Waals surface area (Å²) in [5.74, 6) is 0. The third kappa shape index (κ3) is 3.47. The highest BCUT2D eigenvalue weighted by Gasteiger charge is 2.00. The van der Waals surface area contributed by atoms with E-state index in [-0.39, 0.29) is 33.9 Å². The highest BCUT2D eigenvalue weighted by molar-refractivity contribution is 5.60. The topological polar surface area (TPSA) is 7.76 Å². The smallest absolute Gasteiger partial charge is 0.169 e. The van der Waals surface area contributed by atoms with Gasteiger partial charge in [-0.1, -0.05) is 0 Å². The minimum absolute atomic E-state index is 0. The average Bonchev–Trinajstić information content (AvgIpc) is 2.52. The van der Waals surface area contributed by atoms with Gasteiger partial charge in [-0.05, 0) is 11.1 Å². The van der Waals surface area contributed by atoms with Crippen LogP contribution in [-0.4, -0.2) is 0 Å². The van der Waals surface area contributed by atoms with E-state index in [1.165, 1.54) is 0 Å². The summed E-state index contributed by atoms with van der Waals surface area (Å²) < 4.78 is 108. The molecule has 0 N–H and O–H groups in total. The van der Waals surface area contributed by atoms with E-state index in [2.05, 4.69) is 0 Å². The van der Waals surface area contributed by atoms with Crippen LogP contribution < -0.4 is 33.9 Å². The SMILES string of the molecule is [2H]c1c(-c2c([2H])c([2H])[n+](C([2H])([2H])[2H])c([2H])c2[2H])c([2H])c([2H])[n+](C([2H])([2H])[2H])c1[2H].[Cl-].[Cl-]. The van der Waals surface area contributed by atoms with E-state index in [9.17, 15) is 0 Å². The van der Waals surface area contributed by atoms with E-state index in [0.29, 0.717) is 0 Å². The van der Waals surface area contributed by atoms with Crippen molar-refractivity contribution in [1.29, 1.82) is 0 Å². The van der Waals surface area contributed by atoms with Gasteiger partial charge in [0, 0.05) is 24.2 Å². The van der Waals surface area contributed by atoms with Gasteiger partial charge in [0.2, 0.25) is 0 Å². The lowest BCUT2D eigenvalue weighted by atomic mass is 10.1. The van der Waals surface area contributed by atoms with E-state index >= 15 is 0 Å². The first-order valence-corrected chi connectivity index (χ1v) is 3.59. The summed E-state index contributed by atoms with van der Waals surface area (Å²) in [7, 11) is 0. The van der Waals surface area contributed by atoms with E-state index < -0.39 is 73.9 Å². The van der Waals surface area contributed by atoms with Crippen LogP contribution in [0.5, 0.6) is 0 Å². The molecule has 2 aromatic rings. The molecule has 2 rings (SSSR count). The molecule has 0 aromatic carbocycles. The van der Waals surface area contributed by atoms with Gasteiger partial charge in [-0.25, -0.2) is 9.13 Å². The Labute approximate surface area is 128 Å². The van der Waals surface area contributed by atoms with Crippen molar-refractivity contribution in [1.82, 2.24) is 0 Å². The van der Waals surface area contributed by atoms with Gasteiger partial charge in [-0.15, -0.1) is 0 Å². The first-order valence-electron chi connectivity index (χ1n) is 10.6. The monoisotopic (exact) mass is 270 g/mol. The normalized spacial score (nSPS) is 23.0. The molecule has 0 saturated carbocycles. The van der Waals surface area contributed by atoms with Crippen molar-refractivity contribution in [2.75, 3.05) is 0 Å². The Balaban J connectivity index is 0.00000420. The zero-order valence-corrected chi connectivity index (χ0v) is 9.16. The summed E-state index contributed by atoms with van der Waals surface area (Å²) >= 11 is 0. The minimum Gasteiger partial charge on any atom is -1.00 e. The number of rotatable bonds is 1. The Hall–Kier alpha value is -1.12. The Bertz CT molecular complexity index is 847. The van der Waals surface area contributed by atoms with Crippen molar-refractivity contribution < 1.29 is 53.1 Å². The molecular weight excluding hydrogens is 243 g/mol. The molecule has 0 atom stereocenters. The first kappa shape index (κ1) is 3.69. The van der Waals surface area contributed by atoms with Gasteiger partial charge in [-0.3, -0.25) is 0 Å². The van der Waals surface area contributed by atoms with Gasteiger partial charge in [0.15, 0.2) is 24.7 Å². The summed E-state index contributed by atoms with van der Waals surface area (Å²) in [6.07, 6.45) is -3.94. The Morgan fingerprint density at radius 3 is 1.38 bits per heavy atom. The van der Waals surface area contributed by atoms with Crippen LogP contribution in [0.4, 0.5) is 0 Å². The molecule has 0 aliphatic heterocycles. The van der Waals surface area contributed by atoms with Crippen molar-refractivity contribution in [2.24, 2.45) is 14.0 Å². The molecule has 2 aromatic heterocycles. The van der Waals surface area contributed by atoms with Gasteiger partial charge in [0.25, 0.3) is 0 Å². The number of nitrogens with zero attached hydrogens (tertiary/aromatic N) is 2. The molecule has 0 unspecified atom stereocenters. The van der Waals surface area contributed by atoms with Crippen LogP contribution in [0.3, 0.4) is 0 Å². The second kappa shape index (κ2) is 6.46. The van der Waals surface area contributed by atoms with Crippen LogP contribution in [0.1, 0.15) is 19.2 Å². The number of pyridine rings is 2. The molecule has 0 spiro atoms. The molecule has 0 fully saturated rings. The molecule has 2 heterocycles. The average molecular weight is 271 g/mol. The second-order valence-electron chi connectivity index (χ2n) is 2.37. The molecule has 2 nitrogen and oxygen atoms in total. The lowest BCUT2D eigenvalue weighted by Crippen LogP contribution is -3.00. The quantitative estimate of drug-likeness (QED) is 0.459. The van der Waals surface area contributed by atoms with Crippen LogP contribution in [-0.2, 0) is 14.0 Å². The third-order valence-electron chi connectivity index (χ3n) is 1.42. The Morgan fingerprint density at radius 1 is 0.812 bits per heavy atom. The number of hydrogen-bond acceptors (Lipinski definition) is 0. The minimum atomic E-state index is -3.03. The molecule has 0 bridgehead atoms. The largest absolute Gasteiger partial charge is 1.00 e. The van der Waals surface area contributed by atoms with Crippen molar-refractivity contribution in [2.45, 2.75) is 0 Å². The van der Waals surface area contributed by atoms with E-state index in [0.717, 1.165) is 0 Å². The zero-order chi connectivity index (χ0) is 21.9. The molecule has 0 radical (unpaired) electrons. The molecule has 16 heavy (non-hydrogen) atoms. The first-order chi connectivity index (χ1) is 12.5. The highest BCUT2D eigenvalue weighted by atomic mass is 35.5. The van der Waals surface area contributed by atoms with Crippen LogP contribution in [0.15, 0.2) is 48.9 Å². The summed E-state index contributed by atoms with van der Waals surface area (Å²) in [4.78, 5) is 0. The lowest BCUT2D eigenvalue weighted by molar-refractivity contribution is -0.671. The number of hydrogen-bond donors (Lipinski definition) is 0. The fourth-order valence-electron chi connectivity index (χ4n) is 0.816. The summed E-state index contributed by atoms with van der Waals surface area (Å²) in [6, 6.07) is -3.59. The van der Waals surface area contributed by atoms with Crippen LogP contribution >= 0.6 is 0 Å². The lowest BCUT2D eigenvalue weighted by Gasteiger charge is -1.97. The van der Waals surface area contributed by atoms with Crippen molar-refractivity contribution in [3.8, 4) is 11.1 Å². The van der Waals surface area contributed by atoms with Crippen LogP contribution in [0.25, 0.3) is 11.1 Å². The molecular formula is C12H14Cl2N2. The predicted molar refractivity (Wildman–Crippen MR) is 54.2 cm³/mol. The fraction of sp³-hybridized carbons (Fsp3) is 0.167. The summed E-state index contributed by atoms with van der Waals surface area (Å²) in [5.41, 5.74) is -1.32. The molecule has 0 aliphatic rings. The fourth-order valence-corrected chi connectivity index (χ4v) is 0.816. The molecule has 86 valence electrons. The zero-order valence-electron chi connectivity index (χ0n) is 21.7. The molecule has 4 heteroatoms. The van der Waals surface area contributed by atoms with Crippen LogP contribution in [0.2, 0.25) is 0 Å². The maximum absolute atomic E-state index is 8.03. The van der Waals surface area contributed by atoms with E-state index in [4.69, 9.17) is 19.2 Å². The van der Waals surface area contributed by atoms with Gasteiger partial charge >= 0.3 is 0 Å². The van der Waals surface area contributed by atoms with Gasteiger partial charge in [-0.2, -0.15) is 0 Å². The van der Waals surface area contributed by atoms with Gasteiger partial charge in [0.1, 0.15) is 27.7 Å². The van der Waals surface area contributed by atoms with E-state index in [1.54, 1.807) is 0 Å². The highest BCUT2D eigenvalue weighted by Crippen LogP contribution is 2.14. The molecule has 0 aliphatic carbocycles. The van der Waals surface area contributed by atoms with Crippen molar-refractivity contribution >= 4 is 0 Å². The predicted octanol–water partition coefficient (Wildman–Crippen LogP) is -4.99. The van der Waals surface area contributed by atoms with Crippen molar-refractivity contribution in [3.05, 3.63) is 48.9 Å². The maximum atomic E-state index is 8.03.